The van der Waals surface area contributed by atoms with Crippen molar-refractivity contribution >= 4 is 25.6 Å². The van der Waals surface area contributed by atoms with Gasteiger partial charge in [0.1, 0.15) is 16.6 Å². The van der Waals surface area contributed by atoms with Crippen LogP contribution in [0, 0.1) is 5.82 Å². The lowest BCUT2D eigenvalue weighted by Gasteiger charge is -2.37. The molecule has 0 fully saturated rings. The molecule has 1 N–H and O–H groups in total. The molecule has 0 unspecified atom stereocenters. The summed E-state index contributed by atoms with van der Waals surface area (Å²) in [6.45, 7) is 18.3. The van der Waals surface area contributed by atoms with Gasteiger partial charge < -0.3 is 13.7 Å². The van der Waals surface area contributed by atoms with Gasteiger partial charge in [-0.1, -0.05) is 26.8 Å². The van der Waals surface area contributed by atoms with Crippen LogP contribution in [0.1, 0.15) is 70.4 Å². The minimum absolute atomic E-state index is 0.00690. The number of carbonyl (C=O) groups excluding carboxylic acids is 1. The molecular weight excluding hydrogens is 409 g/mol. The lowest BCUT2D eigenvalue weighted by Crippen LogP contribution is -2.46. The highest BCUT2D eigenvalue weighted by Gasteiger charge is 2.39. The summed E-state index contributed by atoms with van der Waals surface area (Å²) in [7, 11) is -2.09. The van der Waals surface area contributed by atoms with Crippen molar-refractivity contribution in [3.8, 4) is 0 Å². The first kappa shape index (κ1) is 26.1. The van der Waals surface area contributed by atoms with Crippen LogP contribution in [0.4, 0.5) is 4.39 Å². The number of benzene rings is 1. The third kappa shape index (κ3) is 7.36. The van der Waals surface area contributed by atoms with Crippen molar-refractivity contribution in [2.24, 2.45) is 0 Å². The van der Waals surface area contributed by atoms with Crippen LogP contribution < -0.4 is 4.72 Å². The Morgan fingerprint density at radius 1 is 1.24 bits per heavy atom. The Morgan fingerprint density at radius 3 is 2.28 bits per heavy atom. The fraction of sp³-hybridized carbons (Fsp3) is 0.667. The minimum Gasteiger partial charge on any atom is -0.598 e. The summed E-state index contributed by atoms with van der Waals surface area (Å²) >= 11 is -1.42. The summed E-state index contributed by atoms with van der Waals surface area (Å²) in [5, 5.41) is -0.00690. The molecule has 0 bridgehead atoms. The molecule has 166 valence electrons. The monoisotopic (exact) mass is 445 g/mol. The van der Waals surface area contributed by atoms with Crippen LogP contribution in [-0.4, -0.2) is 36.8 Å². The molecule has 0 radical (unpaired) electrons. The Labute approximate surface area is 179 Å². The van der Waals surface area contributed by atoms with E-state index in [0.717, 1.165) is 6.07 Å². The largest absolute Gasteiger partial charge is 0.598 e. The van der Waals surface area contributed by atoms with Crippen molar-refractivity contribution < 1.29 is 22.9 Å². The van der Waals surface area contributed by atoms with Gasteiger partial charge in [-0.15, -0.1) is 4.72 Å². The molecule has 1 aromatic carbocycles. The first-order chi connectivity index (χ1) is 13.1. The molecule has 0 aromatic heterocycles. The van der Waals surface area contributed by atoms with Gasteiger partial charge in [0.15, 0.2) is 8.32 Å². The van der Waals surface area contributed by atoms with Crippen LogP contribution in [0.15, 0.2) is 18.2 Å². The van der Waals surface area contributed by atoms with E-state index in [4.69, 9.17) is 9.16 Å². The van der Waals surface area contributed by atoms with E-state index in [-0.39, 0.29) is 23.8 Å². The molecular formula is C21H36FNO4SSi. The Bertz CT molecular complexity index is 701. The number of carbonyl (C=O) groups is 1. The van der Waals surface area contributed by atoms with Crippen molar-refractivity contribution in [2.75, 3.05) is 13.2 Å². The van der Waals surface area contributed by atoms with E-state index >= 15 is 0 Å². The zero-order valence-corrected chi connectivity index (χ0v) is 21.0. The van der Waals surface area contributed by atoms with Crippen molar-refractivity contribution in [3.63, 3.8) is 0 Å². The second-order valence-electron chi connectivity index (χ2n) is 9.58. The van der Waals surface area contributed by atoms with E-state index in [9.17, 15) is 13.7 Å². The van der Waals surface area contributed by atoms with Gasteiger partial charge in [0.25, 0.3) is 0 Å². The molecule has 0 saturated heterocycles. The zero-order valence-electron chi connectivity index (χ0n) is 19.1. The number of hydrogen-bond donors (Lipinski definition) is 1. The molecule has 0 heterocycles. The van der Waals surface area contributed by atoms with Gasteiger partial charge in [0.05, 0.1) is 18.8 Å². The van der Waals surface area contributed by atoms with E-state index in [1.807, 2.05) is 20.8 Å². The molecule has 8 heteroatoms. The normalized spacial score (nSPS) is 15.1. The SMILES string of the molecule is CCOC(=O)c1ccc([C@@H](CO[Si](C)(C)C(C)(C)C)N[S@@+]([O-])C(C)(C)C)c(F)c1. The van der Waals surface area contributed by atoms with E-state index in [2.05, 4.69) is 38.6 Å². The van der Waals surface area contributed by atoms with E-state index in [1.165, 1.54) is 12.1 Å². The molecule has 1 rings (SSSR count). The highest BCUT2D eigenvalue weighted by atomic mass is 32.2. The lowest BCUT2D eigenvalue weighted by atomic mass is 10.1. The standard InChI is InChI=1S/C21H36FNO4SSi/c1-10-26-19(24)15-11-12-16(17(22)13-15)18(23-28(25)20(2,3)4)14-27-29(8,9)21(5,6)7/h11-13,18,23H,10,14H2,1-9H3/t18-,28+/m1/s1. The Hall–Kier alpha value is -0.933. The number of esters is 1. The fourth-order valence-electron chi connectivity index (χ4n) is 2.15. The third-order valence-electron chi connectivity index (χ3n) is 5.11. The molecule has 0 amide bonds. The van der Waals surface area contributed by atoms with E-state index < -0.39 is 42.3 Å². The second-order valence-corrected chi connectivity index (χ2v) is 16.4. The second kappa shape index (κ2) is 9.92. The van der Waals surface area contributed by atoms with Crippen LogP contribution in [0.5, 0.6) is 0 Å². The van der Waals surface area contributed by atoms with Gasteiger partial charge in [0, 0.05) is 16.9 Å². The van der Waals surface area contributed by atoms with Crippen LogP contribution in [0.2, 0.25) is 18.1 Å². The summed E-state index contributed by atoms with van der Waals surface area (Å²) in [6.07, 6.45) is 0. The number of rotatable bonds is 8. The van der Waals surface area contributed by atoms with Gasteiger partial charge >= 0.3 is 5.97 Å². The fourth-order valence-corrected chi connectivity index (χ4v) is 3.98. The van der Waals surface area contributed by atoms with Crippen molar-refractivity contribution in [1.82, 2.24) is 4.72 Å². The molecule has 1 aromatic rings. The van der Waals surface area contributed by atoms with Gasteiger partial charge in [0.2, 0.25) is 0 Å². The van der Waals surface area contributed by atoms with Gasteiger partial charge in [-0.05, 0) is 58.0 Å². The van der Waals surface area contributed by atoms with Gasteiger partial charge in [-0.25, -0.2) is 9.18 Å². The molecule has 0 aliphatic heterocycles. The quantitative estimate of drug-likeness (QED) is 0.342. The topological polar surface area (TPSA) is 70.6 Å². The molecule has 5 nitrogen and oxygen atoms in total. The highest BCUT2D eigenvalue weighted by Crippen LogP contribution is 2.37. The minimum atomic E-state index is -2.09. The van der Waals surface area contributed by atoms with Crippen molar-refractivity contribution in [1.29, 1.82) is 0 Å². The number of halogens is 1. The first-order valence-electron chi connectivity index (χ1n) is 9.88. The van der Waals surface area contributed by atoms with Crippen LogP contribution >= 0.6 is 0 Å². The zero-order chi connectivity index (χ0) is 22.6. The Balaban J connectivity index is 3.18. The maximum absolute atomic E-state index is 14.9. The molecule has 0 spiro atoms. The average Bonchev–Trinajstić information content (AvgIpc) is 2.56. The first-order valence-corrected chi connectivity index (χ1v) is 13.9. The predicted octanol–water partition coefficient (Wildman–Crippen LogP) is 5.12. The van der Waals surface area contributed by atoms with Crippen LogP contribution in [0.25, 0.3) is 0 Å². The molecule has 2 atom stereocenters. The molecule has 0 aliphatic rings. The van der Waals surface area contributed by atoms with Gasteiger partial charge in [-0.3, -0.25) is 0 Å². The lowest BCUT2D eigenvalue weighted by molar-refractivity contribution is 0.0525. The summed E-state index contributed by atoms with van der Waals surface area (Å²) in [5.74, 6) is -1.13. The molecule has 29 heavy (non-hydrogen) atoms. The van der Waals surface area contributed by atoms with Gasteiger partial charge in [-0.2, -0.15) is 0 Å². The number of nitrogens with one attached hydrogen (secondary N) is 1. The summed E-state index contributed by atoms with van der Waals surface area (Å²) in [6, 6.07) is 3.61. The van der Waals surface area contributed by atoms with E-state index in [1.54, 1.807) is 6.92 Å². The van der Waals surface area contributed by atoms with Crippen LogP contribution in [-0.2, 0) is 20.5 Å². The highest BCUT2D eigenvalue weighted by molar-refractivity contribution is 7.90. The predicted molar refractivity (Wildman–Crippen MR) is 119 cm³/mol. The number of hydrogen-bond acceptors (Lipinski definition) is 5. The van der Waals surface area contributed by atoms with Crippen molar-refractivity contribution in [3.05, 3.63) is 35.1 Å². The van der Waals surface area contributed by atoms with E-state index in [0.29, 0.717) is 5.56 Å². The summed E-state index contributed by atoms with van der Waals surface area (Å²) in [5.41, 5.74) is 0.462. The molecule has 0 saturated carbocycles. The molecule has 0 aliphatic carbocycles. The third-order valence-corrected chi connectivity index (χ3v) is 11.2. The summed E-state index contributed by atoms with van der Waals surface area (Å²) in [4.78, 5) is 11.9. The summed E-state index contributed by atoms with van der Waals surface area (Å²) < 4.78 is 41.3. The van der Waals surface area contributed by atoms with Crippen molar-refractivity contribution in [2.45, 2.75) is 77.4 Å². The average molecular weight is 446 g/mol. The van der Waals surface area contributed by atoms with Crippen LogP contribution in [0.3, 0.4) is 0 Å². The Kier molecular flexibility index (Phi) is 8.93. The maximum atomic E-state index is 14.9. The smallest absolute Gasteiger partial charge is 0.338 e. The Morgan fingerprint density at radius 2 is 1.83 bits per heavy atom. The maximum Gasteiger partial charge on any atom is 0.338 e. The number of ether oxygens (including phenoxy) is 1.